The quantitative estimate of drug-likeness (QED) is 0.543. The lowest BCUT2D eigenvalue weighted by molar-refractivity contribution is -0.136. The summed E-state index contributed by atoms with van der Waals surface area (Å²) in [4.78, 5) is 24.6. The smallest absolute Gasteiger partial charge is 0.348 e. The van der Waals surface area contributed by atoms with E-state index in [0.29, 0.717) is 21.8 Å². The van der Waals surface area contributed by atoms with Crippen molar-refractivity contribution in [2.45, 2.75) is 19.0 Å². The maximum atomic E-state index is 11.7. The third-order valence-corrected chi connectivity index (χ3v) is 4.36. The zero-order valence-electron chi connectivity index (χ0n) is 11.4. The fourth-order valence-electron chi connectivity index (χ4n) is 2.06. The molecule has 0 aliphatic rings. The van der Waals surface area contributed by atoms with Crippen molar-refractivity contribution in [1.29, 1.82) is 0 Å². The van der Waals surface area contributed by atoms with Crippen LogP contribution in [0.3, 0.4) is 0 Å². The summed E-state index contributed by atoms with van der Waals surface area (Å²) < 4.78 is 15.8. The highest BCUT2D eigenvalue weighted by Gasteiger charge is 2.22. The summed E-state index contributed by atoms with van der Waals surface area (Å²) in [5, 5.41) is 10.0. The fourth-order valence-corrected chi connectivity index (χ4v) is 3.00. The summed E-state index contributed by atoms with van der Waals surface area (Å²) >= 11 is 5.91. The van der Waals surface area contributed by atoms with E-state index in [4.69, 9.17) is 22.6 Å². The van der Waals surface area contributed by atoms with Gasteiger partial charge in [0.05, 0.1) is 18.1 Å². The van der Waals surface area contributed by atoms with E-state index in [1.54, 1.807) is 24.3 Å². The molecule has 1 aromatic heterocycles. The molecular formula is C13H14ClN2O5P. The van der Waals surface area contributed by atoms with Crippen LogP contribution in [0.1, 0.15) is 17.7 Å². The van der Waals surface area contributed by atoms with Crippen LogP contribution in [-0.4, -0.2) is 21.0 Å². The summed E-state index contributed by atoms with van der Waals surface area (Å²) in [6.45, 7) is 0. The van der Waals surface area contributed by atoms with Gasteiger partial charge in [-0.3, -0.25) is 14.3 Å². The minimum absolute atomic E-state index is 0.123. The summed E-state index contributed by atoms with van der Waals surface area (Å²) in [6.07, 6.45) is -0.368. The molecule has 1 atom stereocenters. The van der Waals surface area contributed by atoms with Crippen molar-refractivity contribution < 1.29 is 24.0 Å². The van der Waals surface area contributed by atoms with Gasteiger partial charge in [-0.15, -0.1) is 0 Å². The lowest BCUT2D eigenvalue weighted by atomic mass is 10.1. The van der Waals surface area contributed by atoms with Crippen molar-refractivity contribution in [1.82, 2.24) is 4.98 Å². The molecule has 0 fully saturated rings. The van der Waals surface area contributed by atoms with E-state index in [2.05, 4.69) is 9.61 Å². The maximum absolute atomic E-state index is 11.7. The topological polar surface area (TPSA) is 123 Å². The monoisotopic (exact) mass is 344 g/mol. The number of carbonyl (C=O) groups is 1. The van der Waals surface area contributed by atoms with Crippen molar-refractivity contribution in [2.24, 2.45) is 5.90 Å². The average Bonchev–Trinajstić information content (AvgIpc) is 2.45. The zero-order chi connectivity index (χ0) is 16.3. The Morgan fingerprint density at radius 3 is 2.77 bits per heavy atom. The Kier molecular flexibility index (Phi) is 5.16. The van der Waals surface area contributed by atoms with Gasteiger partial charge in [0, 0.05) is 22.5 Å². The second-order valence-electron chi connectivity index (χ2n) is 4.73. The van der Waals surface area contributed by atoms with Crippen molar-refractivity contribution in [2.75, 3.05) is 0 Å². The Morgan fingerprint density at radius 2 is 2.14 bits per heavy atom. The number of carboxylic acid groups (broad SMARTS) is 1. The van der Waals surface area contributed by atoms with Crippen molar-refractivity contribution in [3.05, 3.63) is 40.5 Å². The number of halogens is 1. The molecule has 2 rings (SSSR count). The molecule has 1 aromatic carbocycles. The standard InChI is InChI=1S/C13H14ClN2O5P/c14-10-2-1-8-5-9(7-22(19,20)21-15)11(3-4-13(17)18)16-12(8)6-10/h1-2,5-6H,3-4,7,15H2,(H,17,18)(H,19,20). The first-order valence-electron chi connectivity index (χ1n) is 6.31. The molecule has 9 heteroatoms. The van der Waals surface area contributed by atoms with Gasteiger partial charge in [-0.25, -0.2) is 10.5 Å². The predicted octanol–water partition coefficient (Wildman–Crippen LogP) is 2.48. The average molecular weight is 345 g/mol. The zero-order valence-corrected chi connectivity index (χ0v) is 13.0. The Hall–Kier alpha value is -1.50. The Balaban J connectivity index is 2.49. The number of aryl methyl sites for hydroxylation is 1. The number of hydrogen-bond acceptors (Lipinski definition) is 5. The van der Waals surface area contributed by atoms with Gasteiger partial charge in [-0.1, -0.05) is 17.7 Å². The number of rotatable bonds is 6. The van der Waals surface area contributed by atoms with E-state index in [-0.39, 0.29) is 19.0 Å². The lowest BCUT2D eigenvalue weighted by Crippen LogP contribution is -2.06. The molecule has 0 saturated heterocycles. The number of aliphatic carboxylic acids is 1. The van der Waals surface area contributed by atoms with Crippen molar-refractivity contribution in [3.8, 4) is 0 Å². The lowest BCUT2D eigenvalue weighted by Gasteiger charge is -2.13. The van der Waals surface area contributed by atoms with E-state index < -0.39 is 13.6 Å². The van der Waals surface area contributed by atoms with Gasteiger partial charge in [0.15, 0.2) is 0 Å². The largest absolute Gasteiger partial charge is 0.481 e. The Bertz CT molecular complexity index is 767. The van der Waals surface area contributed by atoms with Gasteiger partial charge in [-0.2, -0.15) is 0 Å². The third kappa shape index (κ3) is 4.25. The molecular weight excluding hydrogens is 331 g/mol. The molecule has 1 unspecified atom stereocenters. The van der Waals surface area contributed by atoms with Crippen LogP contribution >= 0.6 is 19.2 Å². The highest BCUT2D eigenvalue weighted by atomic mass is 35.5. The normalized spacial score (nSPS) is 14.0. The molecule has 0 aliphatic heterocycles. The van der Waals surface area contributed by atoms with Crippen LogP contribution in [0.2, 0.25) is 5.02 Å². The van der Waals surface area contributed by atoms with Gasteiger partial charge in [0.1, 0.15) is 0 Å². The first kappa shape index (κ1) is 16.9. The minimum Gasteiger partial charge on any atom is -0.481 e. The van der Waals surface area contributed by atoms with Crippen LogP contribution in [0, 0.1) is 0 Å². The molecule has 22 heavy (non-hydrogen) atoms. The third-order valence-electron chi connectivity index (χ3n) is 3.06. The number of hydrogen-bond donors (Lipinski definition) is 3. The summed E-state index contributed by atoms with van der Waals surface area (Å²) in [5.74, 6) is 3.83. The number of carboxylic acids is 1. The Morgan fingerprint density at radius 1 is 1.41 bits per heavy atom. The number of fused-ring (bicyclic) bond motifs is 1. The van der Waals surface area contributed by atoms with E-state index in [1.807, 2.05) is 0 Å². The first-order valence-corrected chi connectivity index (χ1v) is 8.45. The minimum atomic E-state index is -3.99. The highest BCUT2D eigenvalue weighted by molar-refractivity contribution is 7.51. The number of benzene rings is 1. The molecule has 0 bridgehead atoms. The van der Waals surface area contributed by atoms with Crippen LogP contribution in [0.5, 0.6) is 0 Å². The highest BCUT2D eigenvalue weighted by Crippen LogP contribution is 2.44. The van der Waals surface area contributed by atoms with Gasteiger partial charge in [0.2, 0.25) is 0 Å². The van der Waals surface area contributed by atoms with Crippen LogP contribution in [0.25, 0.3) is 10.9 Å². The van der Waals surface area contributed by atoms with Crippen molar-refractivity contribution >= 4 is 36.1 Å². The summed E-state index contributed by atoms with van der Waals surface area (Å²) in [6, 6.07) is 6.70. The van der Waals surface area contributed by atoms with Crippen LogP contribution < -0.4 is 5.90 Å². The second kappa shape index (κ2) is 6.73. The van der Waals surface area contributed by atoms with Gasteiger partial charge >= 0.3 is 13.6 Å². The summed E-state index contributed by atoms with van der Waals surface area (Å²) in [7, 11) is -3.99. The molecule has 0 saturated carbocycles. The van der Waals surface area contributed by atoms with E-state index in [1.165, 1.54) is 0 Å². The van der Waals surface area contributed by atoms with E-state index in [0.717, 1.165) is 5.39 Å². The second-order valence-corrected chi connectivity index (χ2v) is 6.96. The van der Waals surface area contributed by atoms with Gasteiger partial charge < -0.3 is 10.00 Å². The summed E-state index contributed by atoms with van der Waals surface area (Å²) in [5.41, 5.74) is 1.41. The Labute approximate surface area is 131 Å². The molecule has 4 N–H and O–H groups in total. The molecule has 7 nitrogen and oxygen atoms in total. The molecule has 0 spiro atoms. The molecule has 0 amide bonds. The molecule has 0 radical (unpaired) electrons. The maximum Gasteiger partial charge on any atom is 0.348 e. The fraction of sp³-hybridized carbons (Fsp3) is 0.231. The molecule has 118 valence electrons. The SMILES string of the molecule is NOP(=O)(O)Cc1cc2ccc(Cl)cc2nc1CCC(=O)O. The number of nitrogens with zero attached hydrogens (tertiary/aromatic N) is 1. The van der Waals surface area contributed by atoms with E-state index in [9.17, 15) is 14.3 Å². The van der Waals surface area contributed by atoms with Crippen LogP contribution in [-0.2, 0) is 26.6 Å². The van der Waals surface area contributed by atoms with Gasteiger partial charge in [0.25, 0.3) is 0 Å². The molecule has 2 aromatic rings. The number of aromatic nitrogens is 1. The van der Waals surface area contributed by atoms with Crippen LogP contribution in [0.15, 0.2) is 24.3 Å². The van der Waals surface area contributed by atoms with Crippen molar-refractivity contribution in [3.63, 3.8) is 0 Å². The van der Waals surface area contributed by atoms with E-state index >= 15 is 0 Å². The number of nitrogens with two attached hydrogens (primary N) is 1. The predicted molar refractivity (Wildman–Crippen MR) is 81.5 cm³/mol. The van der Waals surface area contributed by atoms with Crippen LogP contribution in [0.4, 0.5) is 0 Å². The first-order chi connectivity index (χ1) is 10.3. The number of pyridine rings is 1. The van der Waals surface area contributed by atoms with Gasteiger partial charge in [-0.05, 0) is 23.8 Å². The molecule has 1 heterocycles. The molecule has 0 aliphatic carbocycles.